The highest BCUT2D eigenvalue weighted by atomic mass is 16.1. The number of rotatable bonds is 1. The molecule has 1 nitrogen and oxygen atoms in total. The molecule has 0 unspecified atom stereocenters. The molecule has 0 aliphatic heterocycles. The topological polar surface area (TPSA) is 17.1 Å². The van der Waals surface area contributed by atoms with E-state index in [9.17, 15) is 4.79 Å². The van der Waals surface area contributed by atoms with Crippen molar-refractivity contribution in [2.45, 2.75) is 71.1 Å². The van der Waals surface area contributed by atoms with Gasteiger partial charge in [-0.15, -0.1) is 0 Å². The van der Waals surface area contributed by atoms with E-state index in [0.29, 0.717) is 11.3 Å². The summed E-state index contributed by atoms with van der Waals surface area (Å²) in [4.78, 5) is 12.1. The predicted octanol–water partition coefficient (Wildman–Crippen LogP) is 4.91. The maximum Gasteiger partial charge on any atom is 0.130 e. The summed E-state index contributed by atoms with van der Waals surface area (Å²) in [7, 11) is 0. The number of carbonyl (C=O) groups excluding carboxylic acids is 1. The van der Waals surface area contributed by atoms with E-state index >= 15 is 0 Å². The quantitative estimate of drug-likeness (QED) is 0.489. The second kappa shape index (κ2) is 4.45. The van der Waals surface area contributed by atoms with Crippen LogP contribution >= 0.6 is 0 Å². The van der Waals surface area contributed by atoms with Gasteiger partial charge in [0.05, 0.1) is 0 Å². The first-order valence-corrected chi connectivity index (χ1v) is 8.85. The number of aldehydes is 1. The summed E-state index contributed by atoms with van der Waals surface area (Å²) in [6.07, 6.45) is 17.0. The molecule has 0 aromatic rings. The zero-order chi connectivity index (χ0) is 13.8. The van der Waals surface area contributed by atoms with Crippen LogP contribution in [0.1, 0.15) is 71.1 Å². The Morgan fingerprint density at radius 3 is 2.85 bits per heavy atom. The predicted molar refractivity (Wildman–Crippen MR) is 81.3 cm³/mol. The molecule has 0 bridgehead atoms. The molecule has 4 rings (SSSR count). The van der Waals surface area contributed by atoms with Crippen LogP contribution in [0.25, 0.3) is 0 Å². The third-order valence-corrected chi connectivity index (χ3v) is 7.61. The molecule has 3 fully saturated rings. The van der Waals surface area contributed by atoms with E-state index in [-0.39, 0.29) is 5.41 Å². The van der Waals surface area contributed by atoms with E-state index in [2.05, 4.69) is 13.0 Å². The average molecular weight is 272 g/mol. The molecule has 0 aromatic heterocycles. The Morgan fingerprint density at radius 2 is 2.00 bits per heavy atom. The van der Waals surface area contributed by atoms with Crippen LogP contribution in [0.5, 0.6) is 0 Å². The molecule has 3 saturated carbocycles. The molecule has 20 heavy (non-hydrogen) atoms. The molecule has 5 atom stereocenters. The smallest absolute Gasteiger partial charge is 0.130 e. The molecule has 0 aromatic carbocycles. The van der Waals surface area contributed by atoms with Crippen molar-refractivity contribution in [2.24, 2.45) is 28.6 Å². The van der Waals surface area contributed by atoms with E-state index in [1.807, 2.05) is 0 Å². The fourth-order valence-corrected chi connectivity index (χ4v) is 6.59. The Bertz CT molecular complexity index is 451. The second-order valence-electron chi connectivity index (χ2n) is 8.29. The summed E-state index contributed by atoms with van der Waals surface area (Å²) >= 11 is 0. The molecule has 0 amide bonds. The standard InChI is InChI=1S/C19H28O/c1-18-10-4-6-16(18)15-8-7-14-5-2-3-11-19(14,13-20)17(15)9-12-18/h7,13,15-17H,2-6,8-12H2,1H3/t15-,16-,17+,18-,19+/m0/s1. The van der Waals surface area contributed by atoms with Crippen molar-refractivity contribution in [3.63, 3.8) is 0 Å². The molecule has 0 radical (unpaired) electrons. The van der Waals surface area contributed by atoms with Crippen LogP contribution in [0.3, 0.4) is 0 Å². The van der Waals surface area contributed by atoms with Crippen molar-refractivity contribution in [3.8, 4) is 0 Å². The first kappa shape index (κ1) is 13.1. The normalized spacial score (nSPS) is 50.6. The fraction of sp³-hybridized carbons (Fsp3) is 0.842. The number of fused-ring (bicyclic) bond motifs is 5. The zero-order valence-corrected chi connectivity index (χ0v) is 12.9. The number of hydrogen-bond acceptors (Lipinski definition) is 1. The lowest BCUT2D eigenvalue weighted by atomic mass is 9.48. The molecule has 110 valence electrons. The van der Waals surface area contributed by atoms with Crippen LogP contribution in [-0.2, 0) is 4.79 Å². The van der Waals surface area contributed by atoms with E-state index < -0.39 is 0 Å². The van der Waals surface area contributed by atoms with Crippen molar-refractivity contribution in [1.82, 2.24) is 0 Å². The van der Waals surface area contributed by atoms with Crippen molar-refractivity contribution < 1.29 is 4.79 Å². The Kier molecular flexibility index (Phi) is 2.91. The van der Waals surface area contributed by atoms with Crippen LogP contribution in [0.15, 0.2) is 11.6 Å². The molecule has 0 N–H and O–H groups in total. The van der Waals surface area contributed by atoms with Crippen LogP contribution in [0, 0.1) is 28.6 Å². The Morgan fingerprint density at radius 1 is 1.10 bits per heavy atom. The van der Waals surface area contributed by atoms with Gasteiger partial charge >= 0.3 is 0 Å². The van der Waals surface area contributed by atoms with Gasteiger partial charge in [-0.05, 0) is 74.5 Å². The lowest BCUT2D eigenvalue weighted by Crippen LogP contribution is -2.50. The van der Waals surface area contributed by atoms with E-state index in [4.69, 9.17) is 0 Å². The number of carbonyl (C=O) groups is 1. The molecule has 0 saturated heterocycles. The SMILES string of the molecule is C[C@@]12CCC[C@H]1[C@@H]1CC=C3CCCC[C@]3(C=O)[C@@H]1CC2. The highest BCUT2D eigenvalue weighted by Gasteiger charge is 2.56. The fourth-order valence-electron chi connectivity index (χ4n) is 6.59. The highest BCUT2D eigenvalue weighted by Crippen LogP contribution is 2.64. The van der Waals surface area contributed by atoms with Gasteiger partial charge in [0.25, 0.3) is 0 Å². The highest BCUT2D eigenvalue weighted by molar-refractivity contribution is 5.67. The lowest BCUT2D eigenvalue weighted by molar-refractivity contribution is -0.124. The minimum atomic E-state index is -0.0366. The van der Waals surface area contributed by atoms with Crippen LogP contribution < -0.4 is 0 Å². The number of hydrogen-bond donors (Lipinski definition) is 0. The van der Waals surface area contributed by atoms with Gasteiger partial charge in [0.15, 0.2) is 0 Å². The summed E-state index contributed by atoms with van der Waals surface area (Å²) in [6, 6.07) is 0. The molecule has 0 spiro atoms. The van der Waals surface area contributed by atoms with Gasteiger partial charge in [0, 0.05) is 5.41 Å². The molecular weight excluding hydrogens is 244 g/mol. The molecule has 0 heterocycles. The summed E-state index contributed by atoms with van der Waals surface area (Å²) in [5, 5.41) is 0. The molecular formula is C19H28O. The third kappa shape index (κ3) is 1.58. The minimum Gasteiger partial charge on any atom is -0.302 e. The Balaban J connectivity index is 1.73. The summed E-state index contributed by atoms with van der Waals surface area (Å²) in [6.45, 7) is 2.54. The largest absolute Gasteiger partial charge is 0.302 e. The van der Waals surface area contributed by atoms with Gasteiger partial charge in [-0.1, -0.05) is 31.4 Å². The zero-order valence-electron chi connectivity index (χ0n) is 12.9. The van der Waals surface area contributed by atoms with Gasteiger partial charge in [0.1, 0.15) is 6.29 Å². The van der Waals surface area contributed by atoms with Gasteiger partial charge in [-0.25, -0.2) is 0 Å². The lowest BCUT2D eigenvalue weighted by Gasteiger charge is -2.56. The van der Waals surface area contributed by atoms with Crippen LogP contribution in [-0.4, -0.2) is 6.29 Å². The summed E-state index contributed by atoms with van der Waals surface area (Å²) in [5.41, 5.74) is 2.10. The van der Waals surface area contributed by atoms with Gasteiger partial charge in [0.2, 0.25) is 0 Å². The Hall–Kier alpha value is -0.590. The van der Waals surface area contributed by atoms with Crippen molar-refractivity contribution in [1.29, 1.82) is 0 Å². The average Bonchev–Trinajstić information content (AvgIpc) is 2.88. The molecule has 4 aliphatic carbocycles. The minimum absolute atomic E-state index is 0.0366. The first-order chi connectivity index (χ1) is 9.70. The summed E-state index contributed by atoms with van der Waals surface area (Å²) in [5.74, 6) is 2.39. The first-order valence-electron chi connectivity index (χ1n) is 8.85. The molecule has 4 aliphatic rings. The number of allylic oxidation sites excluding steroid dienone is 2. The third-order valence-electron chi connectivity index (χ3n) is 7.61. The van der Waals surface area contributed by atoms with E-state index in [0.717, 1.165) is 18.3 Å². The van der Waals surface area contributed by atoms with Crippen molar-refractivity contribution in [2.75, 3.05) is 0 Å². The van der Waals surface area contributed by atoms with Gasteiger partial charge in [-0.2, -0.15) is 0 Å². The van der Waals surface area contributed by atoms with Crippen LogP contribution in [0.4, 0.5) is 0 Å². The van der Waals surface area contributed by atoms with E-state index in [1.54, 1.807) is 0 Å². The van der Waals surface area contributed by atoms with Crippen molar-refractivity contribution in [3.05, 3.63) is 11.6 Å². The van der Waals surface area contributed by atoms with Gasteiger partial charge in [-0.3, -0.25) is 0 Å². The van der Waals surface area contributed by atoms with Crippen LogP contribution in [0.2, 0.25) is 0 Å². The molecule has 1 heteroatoms. The van der Waals surface area contributed by atoms with Gasteiger partial charge < -0.3 is 4.79 Å². The van der Waals surface area contributed by atoms with Crippen molar-refractivity contribution >= 4 is 6.29 Å². The summed E-state index contributed by atoms with van der Waals surface area (Å²) < 4.78 is 0. The second-order valence-corrected chi connectivity index (χ2v) is 8.29. The monoisotopic (exact) mass is 272 g/mol. The van der Waals surface area contributed by atoms with E-state index in [1.165, 1.54) is 69.6 Å². The Labute approximate surface area is 123 Å². The maximum absolute atomic E-state index is 12.1. The maximum atomic E-state index is 12.1.